The summed E-state index contributed by atoms with van der Waals surface area (Å²) < 4.78 is 0. The molecule has 1 aliphatic heterocycles. The van der Waals surface area contributed by atoms with Gasteiger partial charge in [-0.3, -0.25) is 14.7 Å². The number of anilines is 1. The summed E-state index contributed by atoms with van der Waals surface area (Å²) in [6, 6.07) is 4.12. The lowest BCUT2D eigenvalue weighted by molar-refractivity contribution is -0.129. The van der Waals surface area contributed by atoms with Crippen LogP contribution in [0, 0.1) is 18.3 Å². The van der Waals surface area contributed by atoms with E-state index >= 15 is 0 Å². The molecular formula is C19H24N6OS. The maximum Gasteiger partial charge on any atom is 0.228 e. The van der Waals surface area contributed by atoms with Crippen LogP contribution in [0.5, 0.6) is 0 Å². The van der Waals surface area contributed by atoms with Crippen LogP contribution in [0.3, 0.4) is 0 Å². The zero-order chi connectivity index (χ0) is 19.2. The summed E-state index contributed by atoms with van der Waals surface area (Å²) in [5.74, 6) is 0.106. The number of nitriles is 1. The van der Waals surface area contributed by atoms with Crippen molar-refractivity contribution in [2.45, 2.75) is 13.3 Å². The van der Waals surface area contributed by atoms with Gasteiger partial charge in [-0.15, -0.1) is 11.3 Å². The molecule has 0 bridgehead atoms. The Bertz CT molecular complexity index is 822. The van der Waals surface area contributed by atoms with Gasteiger partial charge < -0.3 is 9.80 Å². The van der Waals surface area contributed by atoms with Gasteiger partial charge in [-0.05, 0) is 13.0 Å². The number of carbonyl (C=O) groups excluding carboxylic acids is 1. The van der Waals surface area contributed by atoms with Crippen LogP contribution in [-0.4, -0.2) is 72.0 Å². The van der Waals surface area contributed by atoms with Crippen molar-refractivity contribution in [1.29, 1.82) is 5.26 Å². The Morgan fingerprint density at radius 1 is 1.37 bits per heavy atom. The Morgan fingerprint density at radius 2 is 2.15 bits per heavy atom. The number of thiazole rings is 1. The van der Waals surface area contributed by atoms with E-state index in [0.29, 0.717) is 18.5 Å². The normalized spacial score (nSPS) is 14.8. The molecule has 0 aliphatic carbocycles. The van der Waals surface area contributed by atoms with Crippen LogP contribution in [0.2, 0.25) is 0 Å². The molecule has 0 atom stereocenters. The molecular weight excluding hydrogens is 360 g/mol. The Morgan fingerprint density at radius 3 is 2.81 bits per heavy atom. The van der Waals surface area contributed by atoms with Gasteiger partial charge in [0.1, 0.15) is 6.07 Å². The Kier molecular flexibility index (Phi) is 6.37. The van der Waals surface area contributed by atoms with Gasteiger partial charge in [0.25, 0.3) is 0 Å². The summed E-state index contributed by atoms with van der Waals surface area (Å²) in [5, 5.41) is 12.2. The maximum atomic E-state index is 12.3. The molecule has 1 saturated heterocycles. The second-order valence-electron chi connectivity index (χ2n) is 6.68. The van der Waals surface area contributed by atoms with Gasteiger partial charge in [-0.1, -0.05) is 0 Å². The number of hydrogen-bond donors (Lipinski definition) is 0. The SMILES string of the molecule is Cc1nc(CC(=O)N(C)CCN2CCN(c3ccncc3C#N)CC2)cs1. The standard InChI is InChI=1S/C19H24N6OS/c1-15-22-17(14-27-15)11-19(26)23(2)5-6-24-7-9-25(10-8-24)18-3-4-21-13-16(18)12-20/h3-4,13-14H,5-11H2,1-2H3. The number of amides is 1. The zero-order valence-corrected chi connectivity index (χ0v) is 16.6. The number of piperazine rings is 1. The zero-order valence-electron chi connectivity index (χ0n) is 15.8. The van der Waals surface area contributed by atoms with E-state index in [1.807, 2.05) is 25.4 Å². The number of likely N-dealkylation sites (N-methyl/N-ethyl adjacent to an activating group) is 1. The monoisotopic (exact) mass is 384 g/mol. The summed E-state index contributed by atoms with van der Waals surface area (Å²) in [5.41, 5.74) is 2.43. The molecule has 27 heavy (non-hydrogen) atoms. The number of aryl methyl sites for hydroxylation is 1. The third-order valence-corrected chi connectivity index (χ3v) is 5.63. The van der Waals surface area contributed by atoms with Crippen molar-refractivity contribution in [1.82, 2.24) is 19.8 Å². The van der Waals surface area contributed by atoms with Crippen LogP contribution in [0.15, 0.2) is 23.8 Å². The average Bonchev–Trinajstić information content (AvgIpc) is 3.11. The van der Waals surface area contributed by atoms with Crippen LogP contribution >= 0.6 is 11.3 Å². The lowest BCUT2D eigenvalue weighted by Gasteiger charge is -2.36. The van der Waals surface area contributed by atoms with E-state index in [9.17, 15) is 10.1 Å². The molecule has 0 N–H and O–H groups in total. The summed E-state index contributed by atoms with van der Waals surface area (Å²) in [6.07, 6.45) is 3.71. The van der Waals surface area contributed by atoms with Crippen molar-refractivity contribution in [3.05, 3.63) is 40.1 Å². The van der Waals surface area contributed by atoms with E-state index in [-0.39, 0.29) is 5.91 Å². The Labute approximate surface area is 163 Å². The highest BCUT2D eigenvalue weighted by Crippen LogP contribution is 2.20. The molecule has 0 aromatic carbocycles. The molecule has 8 heteroatoms. The molecule has 0 spiro atoms. The topological polar surface area (TPSA) is 76.4 Å². The van der Waals surface area contributed by atoms with Gasteiger partial charge in [0.05, 0.1) is 28.4 Å². The first-order valence-corrected chi connectivity index (χ1v) is 9.91. The lowest BCUT2D eigenvalue weighted by atomic mass is 10.2. The van der Waals surface area contributed by atoms with Crippen LogP contribution in [-0.2, 0) is 11.2 Å². The number of carbonyl (C=O) groups is 1. The van der Waals surface area contributed by atoms with Gasteiger partial charge in [-0.2, -0.15) is 5.26 Å². The molecule has 142 valence electrons. The van der Waals surface area contributed by atoms with E-state index in [4.69, 9.17) is 0 Å². The summed E-state index contributed by atoms with van der Waals surface area (Å²) in [4.78, 5) is 27.1. The predicted molar refractivity (Wildman–Crippen MR) is 106 cm³/mol. The van der Waals surface area contributed by atoms with Crippen molar-refractivity contribution in [2.24, 2.45) is 0 Å². The van der Waals surface area contributed by atoms with Crippen molar-refractivity contribution in [3.63, 3.8) is 0 Å². The molecule has 1 fully saturated rings. The lowest BCUT2D eigenvalue weighted by Crippen LogP contribution is -2.49. The summed E-state index contributed by atoms with van der Waals surface area (Å²) >= 11 is 1.58. The van der Waals surface area contributed by atoms with E-state index < -0.39 is 0 Å². The molecule has 3 rings (SSSR count). The molecule has 0 unspecified atom stereocenters. The number of hydrogen-bond acceptors (Lipinski definition) is 7. The molecule has 7 nitrogen and oxygen atoms in total. The van der Waals surface area contributed by atoms with E-state index in [1.165, 1.54) is 0 Å². The van der Waals surface area contributed by atoms with Crippen molar-refractivity contribution in [2.75, 3.05) is 51.2 Å². The highest BCUT2D eigenvalue weighted by Gasteiger charge is 2.20. The number of aromatic nitrogens is 2. The predicted octanol–water partition coefficient (Wildman–Crippen LogP) is 1.54. The summed E-state index contributed by atoms with van der Waals surface area (Å²) in [6.45, 7) is 7.09. The Hall–Kier alpha value is -2.50. The number of pyridine rings is 1. The van der Waals surface area contributed by atoms with E-state index in [2.05, 4.69) is 25.8 Å². The summed E-state index contributed by atoms with van der Waals surface area (Å²) in [7, 11) is 1.86. The van der Waals surface area contributed by atoms with Crippen molar-refractivity contribution in [3.8, 4) is 6.07 Å². The van der Waals surface area contributed by atoms with Gasteiger partial charge in [0.15, 0.2) is 0 Å². The van der Waals surface area contributed by atoms with Gasteiger partial charge in [-0.25, -0.2) is 4.98 Å². The fourth-order valence-electron chi connectivity index (χ4n) is 3.16. The van der Waals surface area contributed by atoms with Crippen LogP contribution in [0.1, 0.15) is 16.3 Å². The van der Waals surface area contributed by atoms with Crippen molar-refractivity contribution >= 4 is 22.9 Å². The van der Waals surface area contributed by atoms with E-state index in [0.717, 1.165) is 49.1 Å². The molecule has 1 aliphatic rings. The third-order valence-electron chi connectivity index (χ3n) is 4.81. The second kappa shape index (κ2) is 8.93. The highest BCUT2D eigenvalue weighted by molar-refractivity contribution is 7.09. The largest absolute Gasteiger partial charge is 0.368 e. The second-order valence-corrected chi connectivity index (χ2v) is 7.75. The smallest absolute Gasteiger partial charge is 0.228 e. The Balaban J connectivity index is 1.44. The van der Waals surface area contributed by atoms with Crippen molar-refractivity contribution < 1.29 is 4.79 Å². The molecule has 2 aromatic heterocycles. The van der Waals surface area contributed by atoms with Crippen LogP contribution < -0.4 is 4.90 Å². The molecule has 0 saturated carbocycles. The van der Waals surface area contributed by atoms with Crippen LogP contribution in [0.4, 0.5) is 5.69 Å². The third kappa shape index (κ3) is 5.02. The fraction of sp³-hybridized carbons (Fsp3) is 0.474. The van der Waals surface area contributed by atoms with Crippen LogP contribution in [0.25, 0.3) is 0 Å². The first-order chi connectivity index (χ1) is 13.1. The molecule has 0 radical (unpaired) electrons. The first-order valence-electron chi connectivity index (χ1n) is 9.03. The minimum Gasteiger partial charge on any atom is -0.368 e. The molecule has 3 heterocycles. The van der Waals surface area contributed by atoms with Gasteiger partial charge in [0, 0.05) is 64.1 Å². The molecule has 2 aromatic rings. The average molecular weight is 385 g/mol. The van der Waals surface area contributed by atoms with Gasteiger partial charge in [0.2, 0.25) is 5.91 Å². The highest BCUT2D eigenvalue weighted by atomic mass is 32.1. The molecule has 1 amide bonds. The minimum absolute atomic E-state index is 0.106. The minimum atomic E-state index is 0.106. The number of nitrogens with zero attached hydrogens (tertiary/aromatic N) is 6. The van der Waals surface area contributed by atoms with Gasteiger partial charge >= 0.3 is 0 Å². The number of rotatable bonds is 6. The fourth-order valence-corrected chi connectivity index (χ4v) is 3.77. The first kappa shape index (κ1) is 19.3. The maximum absolute atomic E-state index is 12.3. The van der Waals surface area contributed by atoms with E-state index in [1.54, 1.807) is 28.6 Å². The quantitative estimate of drug-likeness (QED) is 0.752.